The molecule has 110 valence electrons. The van der Waals surface area contributed by atoms with Crippen molar-refractivity contribution in [1.29, 1.82) is 0 Å². The van der Waals surface area contributed by atoms with Crippen LogP contribution in [0, 0.1) is 6.92 Å². The van der Waals surface area contributed by atoms with Gasteiger partial charge in [0.2, 0.25) is 0 Å². The number of aromatic nitrogens is 2. The molecule has 1 aromatic rings. The molecule has 2 aliphatic rings. The summed E-state index contributed by atoms with van der Waals surface area (Å²) in [7, 11) is 1.76. The van der Waals surface area contributed by atoms with Crippen molar-refractivity contribution in [1.82, 2.24) is 14.9 Å². The predicted octanol–water partition coefficient (Wildman–Crippen LogP) is 1.84. The van der Waals surface area contributed by atoms with Crippen LogP contribution in [-0.4, -0.2) is 33.2 Å². The minimum atomic E-state index is -0.761. The van der Waals surface area contributed by atoms with Crippen molar-refractivity contribution in [2.45, 2.75) is 63.5 Å². The number of carbonyl (C=O) groups is 1. The maximum absolute atomic E-state index is 11.6. The predicted molar refractivity (Wildman–Crippen MR) is 75.9 cm³/mol. The third-order valence-electron chi connectivity index (χ3n) is 5.09. The molecule has 3 rings (SSSR count). The number of aryl methyl sites for hydroxylation is 2. The van der Waals surface area contributed by atoms with Crippen molar-refractivity contribution < 1.29 is 9.90 Å². The summed E-state index contributed by atoms with van der Waals surface area (Å²) >= 11 is 0. The maximum atomic E-state index is 11.6. The summed E-state index contributed by atoms with van der Waals surface area (Å²) in [5, 5.41) is 12.5. The second-order valence-corrected chi connectivity index (χ2v) is 6.16. The standard InChI is InChI=1S/C15H23N3O2/c1-10-17-12-5-3-4-6-13(12)18(10)11-7-8-15(9-11,16-2)14(19)20/h11,16H,3-9H2,1-2H3,(H,19,20). The Kier molecular flexibility index (Phi) is 3.32. The van der Waals surface area contributed by atoms with E-state index in [2.05, 4.69) is 16.8 Å². The molecule has 2 N–H and O–H groups in total. The number of hydrogen-bond donors (Lipinski definition) is 2. The van der Waals surface area contributed by atoms with Gasteiger partial charge in [-0.05, 0) is 58.9 Å². The van der Waals surface area contributed by atoms with Gasteiger partial charge in [0.25, 0.3) is 0 Å². The molecule has 0 saturated heterocycles. The van der Waals surface area contributed by atoms with E-state index in [1.165, 1.54) is 24.2 Å². The molecule has 1 heterocycles. The molecule has 1 aromatic heterocycles. The molecule has 20 heavy (non-hydrogen) atoms. The van der Waals surface area contributed by atoms with Crippen molar-refractivity contribution >= 4 is 5.97 Å². The Hall–Kier alpha value is -1.36. The number of nitrogens with zero attached hydrogens (tertiary/aromatic N) is 2. The van der Waals surface area contributed by atoms with Crippen LogP contribution < -0.4 is 5.32 Å². The zero-order valence-corrected chi connectivity index (χ0v) is 12.3. The monoisotopic (exact) mass is 277 g/mol. The first-order valence-electron chi connectivity index (χ1n) is 7.56. The van der Waals surface area contributed by atoms with Crippen LogP contribution in [-0.2, 0) is 17.6 Å². The molecule has 2 atom stereocenters. The molecule has 0 aliphatic heterocycles. The van der Waals surface area contributed by atoms with E-state index in [1.54, 1.807) is 7.05 Å². The fourth-order valence-electron chi connectivity index (χ4n) is 3.95. The van der Waals surface area contributed by atoms with Gasteiger partial charge in [-0.2, -0.15) is 0 Å². The van der Waals surface area contributed by atoms with Gasteiger partial charge in [0, 0.05) is 11.7 Å². The summed E-state index contributed by atoms with van der Waals surface area (Å²) in [4.78, 5) is 16.3. The number of hydrogen-bond acceptors (Lipinski definition) is 3. The first-order chi connectivity index (χ1) is 9.57. The van der Waals surface area contributed by atoms with E-state index in [9.17, 15) is 9.90 Å². The Bertz CT molecular complexity index is 537. The van der Waals surface area contributed by atoms with Crippen LogP contribution in [0.1, 0.15) is 55.4 Å². The molecule has 2 unspecified atom stereocenters. The zero-order valence-electron chi connectivity index (χ0n) is 12.3. The topological polar surface area (TPSA) is 67.2 Å². The Morgan fingerprint density at radius 3 is 2.85 bits per heavy atom. The highest BCUT2D eigenvalue weighted by molar-refractivity contribution is 5.79. The summed E-state index contributed by atoms with van der Waals surface area (Å²) in [6.45, 7) is 2.05. The largest absolute Gasteiger partial charge is 0.480 e. The van der Waals surface area contributed by atoms with E-state index in [-0.39, 0.29) is 6.04 Å². The zero-order chi connectivity index (χ0) is 14.3. The Balaban J connectivity index is 1.92. The molecule has 0 amide bonds. The normalized spacial score (nSPS) is 29.4. The molecule has 0 bridgehead atoms. The van der Waals surface area contributed by atoms with Crippen LogP contribution in [0.3, 0.4) is 0 Å². The molecular weight excluding hydrogens is 254 g/mol. The van der Waals surface area contributed by atoms with E-state index >= 15 is 0 Å². The van der Waals surface area contributed by atoms with Gasteiger partial charge in [-0.15, -0.1) is 0 Å². The van der Waals surface area contributed by atoms with E-state index in [0.717, 1.165) is 25.1 Å². The third kappa shape index (κ3) is 1.95. The van der Waals surface area contributed by atoms with Crippen LogP contribution in [0.25, 0.3) is 0 Å². The van der Waals surface area contributed by atoms with Crippen molar-refractivity contribution in [3.05, 3.63) is 17.2 Å². The fraction of sp³-hybridized carbons (Fsp3) is 0.733. The van der Waals surface area contributed by atoms with Gasteiger partial charge in [-0.1, -0.05) is 0 Å². The lowest BCUT2D eigenvalue weighted by Gasteiger charge is -2.25. The summed E-state index contributed by atoms with van der Waals surface area (Å²) in [5.74, 6) is 0.327. The Labute approximate surface area is 119 Å². The van der Waals surface area contributed by atoms with Crippen molar-refractivity contribution in [2.75, 3.05) is 7.05 Å². The summed E-state index contributed by atoms with van der Waals surface area (Å²) in [6.07, 6.45) is 6.87. The van der Waals surface area contributed by atoms with Crippen LogP contribution in [0.4, 0.5) is 0 Å². The lowest BCUT2D eigenvalue weighted by atomic mass is 9.97. The number of carboxylic acids is 1. The number of aliphatic carboxylic acids is 1. The molecule has 2 aliphatic carbocycles. The fourth-order valence-corrected chi connectivity index (χ4v) is 3.95. The van der Waals surface area contributed by atoms with Gasteiger partial charge >= 0.3 is 5.97 Å². The number of nitrogens with one attached hydrogen (secondary N) is 1. The van der Waals surface area contributed by atoms with E-state index in [1.807, 2.05) is 0 Å². The number of carboxylic acid groups (broad SMARTS) is 1. The summed E-state index contributed by atoms with van der Waals surface area (Å²) in [6, 6.07) is 0.271. The first-order valence-corrected chi connectivity index (χ1v) is 7.56. The quantitative estimate of drug-likeness (QED) is 0.884. The Morgan fingerprint density at radius 2 is 2.20 bits per heavy atom. The average molecular weight is 277 g/mol. The van der Waals surface area contributed by atoms with Crippen molar-refractivity contribution in [3.8, 4) is 0 Å². The number of fused-ring (bicyclic) bond motifs is 1. The molecule has 1 fully saturated rings. The molecule has 5 nitrogen and oxygen atoms in total. The van der Waals surface area contributed by atoms with Gasteiger partial charge in [0.1, 0.15) is 11.4 Å². The van der Waals surface area contributed by atoms with E-state index in [4.69, 9.17) is 4.98 Å². The number of imidazole rings is 1. The smallest absolute Gasteiger partial charge is 0.323 e. The molecule has 0 radical (unpaired) electrons. The summed E-state index contributed by atoms with van der Waals surface area (Å²) in [5.41, 5.74) is 1.84. The van der Waals surface area contributed by atoms with Crippen LogP contribution in [0.15, 0.2) is 0 Å². The van der Waals surface area contributed by atoms with Crippen LogP contribution in [0.2, 0.25) is 0 Å². The SMILES string of the molecule is CNC1(C(=O)O)CCC(n2c(C)nc3c2CCCC3)C1. The maximum Gasteiger partial charge on any atom is 0.323 e. The highest BCUT2D eigenvalue weighted by Crippen LogP contribution is 2.40. The van der Waals surface area contributed by atoms with Gasteiger partial charge in [0.15, 0.2) is 0 Å². The van der Waals surface area contributed by atoms with Crippen LogP contribution >= 0.6 is 0 Å². The summed E-state index contributed by atoms with van der Waals surface area (Å²) < 4.78 is 2.33. The van der Waals surface area contributed by atoms with Crippen molar-refractivity contribution in [3.63, 3.8) is 0 Å². The van der Waals surface area contributed by atoms with Crippen molar-refractivity contribution in [2.24, 2.45) is 0 Å². The van der Waals surface area contributed by atoms with E-state index in [0.29, 0.717) is 12.8 Å². The lowest BCUT2D eigenvalue weighted by Crippen LogP contribution is -2.48. The molecular formula is C15H23N3O2. The molecule has 1 saturated carbocycles. The van der Waals surface area contributed by atoms with Crippen LogP contribution in [0.5, 0.6) is 0 Å². The second kappa shape index (κ2) is 4.88. The lowest BCUT2D eigenvalue weighted by molar-refractivity contribution is -0.144. The molecule has 0 aromatic carbocycles. The van der Waals surface area contributed by atoms with Gasteiger partial charge in [-0.25, -0.2) is 4.98 Å². The highest BCUT2D eigenvalue weighted by Gasteiger charge is 2.45. The number of rotatable bonds is 3. The number of likely N-dealkylation sites (N-methyl/N-ethyl adjacent to an activating group) is 1. The average Bonchev–Trinajstić information content (AvgIpc) is 2.99. The third-order valence-corrected chi connectivity index (χ3v) is 5.09. The van der Waals surface area contributed by atoms with E-state index < -0.39 is 11.5 Å². The molecule has 5 heteroatoms. The minimum absolute atomic E-state index is 0.271. The molecule has 0 spiro atoms. The van der Waals surface area contributed by atoms with Gasteiger partial charge in [-0.3, -0.25) is 4.79 Å². The second-order valence-electron chi connectivity index (χ2n) is 6.16. The van der Waals surface area contributed by atoms with Gasteiger partial charge < -0.3 is 15.0 Å². The first kappa shape index (κ1) is 13.6. The van der Waals surface area contributed by atoms with Gasteiger partial charge in [0.05, 0.1) is 5.69 Å². The highest BCUT2D eigenvalue weighted by atomic mass is 16.4. The minimum Gasteiger partial charge on any atom is -0.480 e. The Morgan fingerprint density at radius 1 is 1.45 bits per heavy atom.